The van der Waals surface area contributed by atoms with Crippen molar-refractivity contribution in [2.24, 2.45) is 5.41 Å². The van der Waals surface area contributed by atoms with Gasteiger partial charge in [0.15, 0.2) is 5.13 Å². The molecule has 128 valence electrons. The van der Waals surface area contributed by atoms with Gasteiger partial charge >= 0.3 is 0 Å². The number of hydrogen-bond acceptors (Lipinski definition) is 4. The number of hydrogen-bond donors (Lipinski definition) is 2. The first-order valence-electron chi connectivity index (χ1n) is 7.92. The predicted molar refractivity (Wildman–Crippen MR) is 102 cm³/mol. The molecule has 1 heterocycles. The van der Waals surface area contributed by atoms with E-state index in [1.807, 2.05) is 45.0 Å². The number of carbonyl (C=O) groups excluding carboxylic acids is 2. The number of nitrogens with zero attached hydrogens (tertiary/aromatic N) is 1. The van der Waals surface area contributed by atoms with Gasteiger partial charge in [0.2, 0.25) is 5.91 Å². The maximum absolute atomic E-state index is 12.6. The second-order valence-electron chi connectivity index (χ2n) is 6.69. The Morgan fingerprint density at radius 3 is 2.36 bits per heavy atom. The van der Waals surface area contributed by atoms with E-state index in [9.17, 15) is 9.59 Å². The lowest BCUT2D eigenvalue weighted by Gasteiger charge is -2.19. The topological polar surface area (TPSA) is 71.1 Å². The van der Waals surface area contributed by atoms with Crippen LogP contribution in [0.15, 0.2) is 48.5 Å². The van der Waals surface area contributed by atoms with Crippen molar-refractivity contribution < 1.29 is 9.59 Å². The van der Waals surface area contributed by atoms with Gasteiger partial charge in [-0.05, 0) is 24.3 Å². The summed E-state index contributed by atoms with van der Waals surface area (Å²) >= 11 is 1.41. The number of amides is 2. The van der Waals surface area contributed by atoms with E-state index in [1.165, 1.54) is 11.3 Å². The molecular formula is C19H19N3O2S. The van der Waals surface area contributed by atoms with Crippen LogP contribution in [-0.4, -0.2) is 16.8 Å². The first-order chi connectivity index (χ1) is 11.8. The quantitative estimate of drug-likeness (QED) is 0.726. The van der Waals surface area contributed by atoms with E-state index in [0.29, 0.717) is 16.4 Å². The van der Waals surface area contributed by atoms with Gasteiger partial charge in [-0.3, -0.25) is 14.9 Å². The number of nitrogens with one attached hydrogen (secondary N) is 2. The molecule has 2 aromatic carbocycles. The lowest BCUT2D eigenvalue weighted by molar-refractivity contribution is -0.123. The van der Waals surface area contributed by atoms with Crippen LogP contribution in [0.1, 0.15) is 31.1 Å². The lowest BCUT2D eigenvalue weighted by atomic mass is 9.95. The van der Waals surface area contributed by atoms with Gasteiger partial charge in [0, 0.05) is 5.41 Å². The average Bonchev–Trinajstić information content (AvgIpc) is 2.96. The van der Waals surface area contributed by atoms with Crippen molar-refractivity contribution >= 4 is 44.2 Å². The SMILES string of the molecule is CC(C)(C)C(=O)Nc1ccccc1C(=O)Nc1nc2ccccc2s1. The van der Waals surface area contributed by atoms with Crippen LogP contribution in [0.2, 0.25) is 0 Å². The molecule has 2 N–H and O–H groups in total. The minimum atomic E-state index is -0.545. The number of fused-ring (bicyclic) bond motifs is 1. The summed E-state index contributed by atoms with van der Waals surface area (Å²) in [6, 6.07) is 14.7. The van der Waals surface area contributed by atoms with Crippen molar-refractivity contribution in [3.8, 4) is 0 Å². The Balaban J connectivity index is 1.83. The molecule has 0 saturated carbocycles. The monoisotopic (exact) mass is 353 g/mol. The fourth-order valence-corrected chi connectivity index (χ4v) is 3.05. The van der Waals surface area contributed by atoms with Crippen LogP contribution in [0.3, 0.4) is 0 Å². The summed E-state index contributed by atoms with van der Waals surface area (Å²) in [5, 5.41) is 6.17. The van der Waals surface area contributed by atoms with Crippen molar-refractivity contribution in [1.29, 1.82) is 0 Å². The van der Waals surface area contributed by atoms with Gasteiger partial charge in [0.05, 0.1) is 21.5 Å². The fraction of sp³-hybridized carbons (Fsp3) is 0.211. The third kappa shape index (κ3) is 3.85. The van der Waals surface area contributed by atoms with Crippen LogP contribution in [0.4, 0.5) is 10.8 Å². The molecule has 0 saturated heterocycles. The number of carbonyl (C=O) groups is 2. The number of rotatable bonds is 3. The Kier molecular flexibility index (Phi) is 4.55. The molecule has 3 rings (SSSR count). The number of anilines is 2. The molecule has 0 unspecified atom stereocenters. The molecule has 0 atom stereocenters. The highest BCUT2D eigenvalue weighted by molar-refractivity contribution is 7.22. The molecule has 0 fully saturated rings. The highest BCUT2D eigenvalue weighted by Gasteiger charge is 2.23. The van der Waals surface area contributed by atoms with Crippen molar-refractivity contribution in [2.75, 3.05) is 10.6 Å². The van der Waals surface area contributed by atoms with E-state index in [4.69, 9.17) is 0 Å². The van der Waals surface area contributed by atoms with Gasteiger partial charge in [-0.2, -0.15) is 0 Å². The number of aromatic nitrogens is 1. The molecule has 25 heavy (non-hydrogen) atoms. The van der Waals surface area contributed by atoms with Crippen LogP contribution < -0.4 is 10.6 Å². The summed E-state index contributed by atoms with van der Waals surface area (Å²) in [5.41, 5.74) is 1.19. The Hall–Kier alpha value is -2.73. The Morgan fingerprint density at radius 1 is 0.960 bits per heavy atom. The standard InChI is InChI=1S/C19H19N3O2S/c1-19(2,3)17(24)20-13-9-5-4-8-12(13)16(23)22-18-21-14-10-6-7-11-15(14)25-18/h4-11H,1-3H3,(H,20,24)(H,21,22,23). The molecular weight excluding hydrogens is 334 g/mol. The predicted octanol–water partition coefficient (Wildman–Crippen LogP) is 4.53. The minimum Gasteiger partial charge on any atom is -0.325 e. The van der Waals surface area contributed by atoms with Crippen molar-refractivity contribution in [3.05, 3.63) is 54.1 Å². The van der Waals surface area contributed by atoms with Gasteiger partial charge in [-0.25, -0.2) is 4.98 Å². The van der Waals surface area contributed by atoms with E-state index in [1.54, 1.807) is 24.3 Å². The molecule has 0 bridgehead atoms. The van der Waals surface area contributed by atoms with Crippen LogP contribution in [-0.2, 0) is 4.79 Å². The van der Waals surface area contributed by atoms with Crippen LogP contribution >= 0.6 is 11.3 Å². The van der Waals surface area contributed by atoms with E-state index in [-0.39, 0.29) is 11.8 Å². The summed E-state index contributed by atoms with van der Waals surface area (Å²) in [6.45, 7) is 5.48. The summed E-state index contributed by atoms with van der Waals surface area (Å²) in [5.74, 6) is -0.448. The normalized spacial score (nSPS) is 11.3. The number of para-hydroxylation sites is 2. The Bertz CT molecular complexity index is 908. The van der Waals surface area contributed by atoms with Crippen LogP contribution in [0.5, 0.6) is 0 Å². The molecule has 2 amide bonds. The molecule has 0 spiro atoms. The lowest BCUT2D eigenvalue weighted by Crippen LogP contribution is -2.28. The van der Waals surface area contributed by atoms with Crippen LogP contribution in [0.25, 0.3) is 10.2 Å². The van der Waals surface area contributed by atoms with Crippen molar-refractivity contribution in [1.82, 2.24) is 4.98 Å². The second-order valence-corrected chi connectivity index (χ2v) is 7.72. The first kappa shape index (κ1) is 17.1. The molecule has 0 aliphatic heterocycles. The fourth-order valence-electron chi connectivity index (χ4n) is 2.19. The number of thiazole rings is 1. The summed E-state index contributed by atoms with van der Waals surface area (Å²) in [6.07, 6.45) is 0. The smallest absolute Gasteiger partial charge is 0.259 e. The van der Waals surface area contributed by atoms with E-state index < -0.39 is 5.41 Å². The molecule has 5 nitrogen and oxygen atoms in total. The molecule has 0 radical (unpaired) electrons. The van der Waals surface area contributed by atoms with Gasteiger partial charge in [-0.15, -0.1) is 0 Å². The van der Waals surface area contributed by atoms with E-state index in [0.717, 1.165) is 10.2 Å². The first-order valence-corrected chi connectivity index (χ1v) is 8.73. The van der Waals surface area contributed by atoms with Gasteiger partial charge < -0.3 is 5.32 Å². The van der Waals surface area contributed by atoms with Gasteiger partial charge in [0.25, 0.3) is 5.91 Å². The zero-order valence-corrected chi connectivity index (χ0v) is 15.1. The number of benzene rings is 2. The third-order valence-corrected chi connectivity index (χ3v) is 4.57. The summed E-state index contributed by atoms with van der Waals surface area (Å²) in [4.78, 5) is 29.3. The van der Waals surface area contributed by atoms with E-state index >= 15 is 0 Å². The van der Waals surface area contributed by atoms with Crippen LogP contribution in [0, 0.1) is 5.41 Å². The molecule has 0 aliphatic rings. The molecule has 1 aromatic heterocycles. The largest absolute Gasteiger partial charge is 0.325 e. The highest BCUT2D eigenvalue weighted by atomic mass is 32.1. The minimum absolute atomic E-state index is 0.146. The van der Waals surface area contributed by atoms with Crippen molar-refractivity contribution in [2.45, 2.75) is 20.8 Å². The summed E-state index contributed by atoms with van der Waals surface area (Å²) < 4.78 is 1.01. The van der Waals surface area contributed by atoms with E-state index in [2.05, 4.69) is 15.6 Å². The highest BCUT2D eigenvalue weighted by Crippen LogP contribution is 2.27. The second kappa shape index (κ2) is 6.64. The van der Waals surface area contributed by atoms with Crippen molar-refractivity contribution in [3.63, 3.8) is 0 Å². The molecule has 3 aromatic rings. The Labute approximate surface area is 150 Å². The maximum atomic E-state index is 12.6. The molecule has 6 heteroatoms. The Morgan fingerprint density at radius 2 is 1.64 bits per heavy atom. The average molecular weight is 353 g/mol. The zero-order chi connectivity index (χ0) is 18.0. The maximum Gasteiger partial charge on any atom is 0.259 e. The molecule has 0 aliphatic carbocycles. The zero-order valence-electron chi connectivity index (χ0n) is 14.3. The van der Waals surface area contributed by atoms with Gasteiger partial charge in [0.1, 0.15) is 0 Å². The third-order valence-electron chi connectivity index (χ3n) is 3.62. The summed E-state index contributed by atoms with van der Waals surface area (Å²) in [7, 11) is 0. The van der Waals surface area contributed by atoms with Gasteiger partial charge in [-0.1, -0.05) is 56.4 Å².